The molecule has 0 saturated heterocycles. The summed E-state index contributed by atoms with van der Waals surface area (Å²) >= 11 is 0. The summed E-state index contributed by atoms with van der Waals surface area (Å²) in [5.74, 6) is 0.836. The van der Waals surface area contributed by atoms with Crippen LogP contribution in [-0.4, -0.2) is 23.8 Å². The minimum Gasteiger partial charge on any atom is -0.508 e. The first-order valence-electron chi connectivity index (χ1n) is 12.2. The molecule has 182 valence electrons. The van der Waals surface area contributed by atoms with Crippen LogP contribution < -0.4 is 15.4 Å². The van der Waals surface area contributed by atoms with Gasteiger partial charge in [0.25, 0.3) is 0 Å². The Labute approximate surface area is 199 Å². The molecule has 0 aliphatic rings. The van der Waals surface area contributed by atoms with Gasteiger partial charge in [0.2, 0.25) is 5.91 Å². The number of aromatic hydroxyl groups is 1. The van der Waals surface area contributed by atoms with Gasteiger partial charge in [-0.05, 0) is 47.4 Å². The van der Waals surface area contributed by atoms with Crippen LogP contribution in [0.5, 0.6) is 11.5 Å². The van der Waals surface area contributed by atoms with Gasteiger partial charge in [0.1, 0.15) is 11.5 Å². The molecule has 2 aromatic rings. The molecule has 2 aromatic carbocycles. The molecule has 0 aliphatic carbocycles. The molecule has 5 nitrogen and oxygen atoms in total. The Morgan fingerprint density at radius 1 is 1.00 bits per heavy atom. The zero-order valence-electron chi connectivity index (χ0n) is 21.4. The van der Waals surface area contributed by atoms with Crippen molar-refractivity contribution in [3.05, 3.63) is 53.6 Å². The maximum absolute atomic E-state index is 12.6. The van der Waals surface area contributed by atoms with Gasteiger partial charge in [-0.25, -0.2) is 0 Å². The molecule has 2 rings (SSSR count). The molecule has 33 heavy (non-hydrogen) atoms. The Bertz CT molecular complexity index is 921. The van der Waals surface area contributed by atoms with Gasteiger partial charge >= 0.3 is 0 Å². The van der Waals surface area contributed by atoms with E-state index in [1.54, 1.807) is 18.2 Å². The zero-order chi connectivity index (χ0) is 24.6. The number of ether oxygens (including phenoxy) is 1. The summed E-state index contributed by atoms with van der Waals surface area (Å²) in [7, 11) is 0. The molecule has 1 unspecified atom stereocenters. The normalized spacial score (nSPS) is 12.8. The molecule has 0 fully saturated rings. The average Bonchev–Trinajstić information content (AvgIpc) is 2.78. The van der Waals surface area contributed by atoms with Crippen molar-refractivity contribution in [3.63, 3.8) is 0 Å². The molecule has 0 saturated carbocycles. The molecule has 1 amide bonds. The molecule has 0 aliphatic heterocycles. The van der Waals surface area contributed by atoms with Crippen molar-refractivity contribution in [2.24, 2.45) is 0 Å². The monoisotopic (exact) mass is 454 g/mol. The summed E-state index contributed by atoms with van der Waals surface area (Å²) < 4.78 is 6.42. The van der Waals surface area contributed by atoms with Gasteiger partial charge in [0.05, 0.1) is 6.54 Å². The van der Waals surface area contributed by atoms with Gasteiger partial charge in [0.15, 0.2) is 6.23 Å². The first-order chi connectivity index (χ1) is 15.5. The molecule has 0 bridgehead atoms. The highest BCUT2D eigenvalue weighted by atomic mass is 16.5. The van der Waals surface area contributed by atoms with Crippen molar-refractivity contribution in [2.45, 2.75) is 91.2 Å². The van der Waals surface area contributed by atoms with Crippen LogP contribution in [0.2, 0.25) is 0 Å². The lowest BCUT2D eigenvalue weighted by Crippen LogP contribution is -2.42. The van der Waals surface area contributed by atoms with Crippen molar-refractivity contribution in [1.82, 2.24) is 5.32 Å². The number of carbonyl (C=O) groups is 1. The Morgan fingerprint density at radius 2 is 1.70 bits per heavy atom. The Kier molecular flexibility index (Phi) is 9.21. The summed E-state index contributed by atoms with van der Waals surface area (Å²) in [6.07, 6.45) is 3.23. The maximum Gasteiger partial charge on any atom is 0.242 e. The van der Waals surface area contributed by atoms with Crippen molar-refractivity contribution in [3.8, 4) is 11.5 Å². The highest BCUT2D eigenvalue weighted by Crippen LogP contribution is 2.38. The SMILES string of the molecule is CCCC(NC(=O)CNc1cccc(O)c1)Oc1ccc(C(C)(C)CC)cc1C(C)(C)CC. The highest BCUT2D eigenvalue weighted by Gasteiger charge is 2.27. The topological polar surface area (TPSA) is 70.6 Å². The van der Waals surface area contributed by atoms with E-state index in [9.17, 15) is 9.90 Å². The summed E-state index contributed by atoms with van der Waals surface area (Å²) in [6, 6.07) is 13.2. The number of hydrogen-bond acceptors (Lipinski definition) is 4. The Hall–Kier alpha value is -2.69. The van der Waals surface area contributed by atoms with Gasteiger partial charge in [-0.3, -0.25) is 4.79 Å². The van der Waals surface area contributed by atoms with Crippen molar-refractivity contribution in [1.29, 1.82) is 0 Å². The molecule has 5 heteroatoms. The van der Waals surface area contributed by atoms with E-state index in [1.807, 2.05) is 6.07 Å². The molecular formula is C28H42N2O3. The quantitative estimate of drug-likeness (QED) is 0.320. The number of amides is 1. The number of hydrogen-bond donors (Lipinski definition) is 3. The number of phenolic OH excluding ortho intramolecular Hbond substituents is 1. The zero-order valence-corrected chi connectivity index (χ0v) is 21.4. The second-order valence-corrected chi connectivity index (χ2v) is 10.1. The van der Waals surface area contributed by atoms with Gasteiger partial charge in [-0.15, -0.1) is 0 Å². The first-order valence-corrected chi connectivity index (χ1v) is 12.2. The summed E-state index contributed by atoms with van der Waals surface area (Å²) in [5, 5.41) is 15.7. The first kappa shape index (κ1) is 26.6. The smallest absolute Gasteiger partial charge is 0.242 e. The van der Waals surface area contributed by atoms with Crippen LogP contribution >= 0.6 is 0 Å². The van der Waals surface area contributed by atoms with Crippen LogP contribution in [0.1, 0.15) is 85.3 Å². The van der Waals surface area contributed by atoms with Gasteiger partial charge in [-0.2, -0.15) is 0 Å². The molecule has 0 radical (unpaired) electrons. The second kappa shape index (κ2) is 11.4. The maximum atomic E-state index is 12.6. The van der Waals surface area contributed by atoms with E-state index in [-0.39, 0.29) is 29.0 Å². The number of rotatable bonds is 12. The number of phenols is 1. The van der Waals surface area contributed by atoms with E-state index in [2.05, 4.69) is 77.3 Å². The fourth-order valence-electron chi connectivity index (χ4n) is 3.58. The van der Waals surface area contributed by atoms with E-state index in [1.165, 1.54) is 11.1 Å². The molecule has 1 atom stereocenters. The third kappa shape index (κ3) is 7.41. The van der Waals surface area contributed by atoms with E-state index >= 15 is 0 Å². The Balaban J connectivity index is 2.20. The summed E-state index contributed by atoms with van der Waals surface area (Å²) in [6.45, 7) is 15.6. The minimum absolute atomic E-state index is 0.0488. The van der Waals surface area contributed by atoms with Crippen molar-refractivity contribution >= 4 is 11.6 Å². The van der Waals surface area contributed by atoms with E-state index in [4.69, 9.17) is 4.74 Å². The lowest BCUT2D eigenvalue weighted by molar-refractivity contribution is -0.122. The Morgan fingerprint density at radius 3 is 2.30 bits per heavy atom. The van der Waals surface area contributed by atoms with Gasteiger partial charge in [-0.1, -0.05) is 73.1 Å². The average molecular weight is 455 g/mol. The van der Waals surface area contributed by atoms with Crippen LogP contribution in [-0.2, 0) is 15.6 Å². The second-order valence-electron chi connectivity index (χ2n) is 10.1. The fourth-order valence-corrected chi connectivity index (χ4v) is 3.58. The van der Waals surface area contributed by atoms with Gasteiger partial charge in [0, 0.05) is 23.7 Å². The summed E-state index contributed by atoms with van der Waals surface area (Å²) in [4.78, 5) is 12.6. The highest BCUT2D eigenvalue weighted by molar-refractivity contribution is 5.81. The number of benzene rings is 2. The molecular weight excluding hydrogens is 412 g/mol. The number of carbonyl (C=O) groups excluding carboxylic acids is 1. The van der Waals surface area contributed by atoms with Crippen LogP contribution in [0, 0.1) is 0 Å². The van der Waals surface area contributed by atoms with Crippen LogP contribution in [0.25, 0.3) is 0 Å². The molecule has 0 spiro atoms. The third-order valence-electron chi connectivity index (χ3n) is 6.70. The summed E-state index contributed by atoms with van der Waals surface area (Å²) in [5.41, 5.74) is 3.22. The fraction of sp³-hybridized carbons (Fsp3) is 0.536. The predicted molar refractivity (Wildman–Crippen MR) is 137 cm³/mol. The van der Waals surface area contributed by atoms with Crippen LogP contribution in [0.15, 0.2) is 42.5 Å². The standard InChI is InChI=1S/C28H42N2O3/c1-8-12-26(30-25(32)19-29-21-13-11-14-22(31)18-21)33-24-16-15-20(27(4,5)9-2)17-23(24)28(6,7)10-3/h11,13-18,26,29,31H,8-10,12,19H2,1-7H3,(H,30,32). The largest absolute Gasteiger partial charge is 0.508 e. The number of anilines is 1. The number of nitrogens with one attached hydrogen (secondary N) is 2. The predicted octanol–water partition coefficient (Wildman–Crippen LogP) is 6.50. The third-order valence-corrected chi connectivity index (χ3v) is 6.70. The van der Waals surface area contributed by atoms with Gasteiger partial charge < -0.3 is 20.5 Å². The lowest BCUT2D eigenvalue weighted by Gasteiger charge is -2.32. The molecule has 3 N–H and O–H groups in total. The van der Waals surface area contributed by atoms with Crippen molar-refractivity contribution in [2.75, 3.05) is 11.9 Å². The minimum atomic E-state index is -0.412. The molecule has 0 aromatic heterocycles. The van der Waals surface area contributed by atoms with E-state index in [0.29, 0.717) is 12.1 Å². The van der Waals surface area contributed by atoms with E-state index < -0.39 is 6.23 Å². The van der Waals surface area contributed by atoms with Crippen molar-refractivity contribution < 1.29 is 14.6 Å². The molecule has 0 heterocycles. The van der Waals surface area contributed by atoms with Crippen LogP contribution in [0.3, 0.4) is 0 Å². The van der Waals surface area contributed by atoms with E-state index in [0.717, 1.165) is 25.0 Å². The lowest BCUT2D eigenvalue weighted by atomic mass is 9.76. The van der Waals surface area contributed by atoms with Crippen LogP contribution in [0.4, 0.5) is 5.69 Å².